The van der Waals surface area contributed by atoms with E-state index >= 15 is 0 Å². The van der Waals surface area contributed by atoms with Gasteiger partial charge in [-0.25, -0.2) is 5.43 Å². The molecule has 0 bridgehead atoms. The van der Waals surface area contributed by atoms with Gasteiger partial charge in [-0.15, -0.1) is 0 Å². The van der Waals surface area contributed by atoms with Crippen molar-refractivity contribution in [1.29, 1.82) is 0 Å². The fourth-order valence-corrected chi connectivity index (χ4v) is 2.06. The van der Waals surface area contributed by atoms with Gasteiger partial charge in [0.05, 0.1) is 23.2 Å². The third kappa shape index (κ3) is 4.96. The molecule has 0 atom stereocenters. The molecule has 0 radical (unpaired) electrons. The molecule has 0 spiro atoms. The monoisotopic (exact) mass is 340 g/mol. The lowest BCUT2D eigenvalue weighted by Crippen LogP contribution is -2.35. The smallest absolute Gasteiger partial charge is 0.278 e. The topological polar surface area (TPSA) is 114 Å². The van der Waals surface area contributed by atoms with Crippen LogP contribution in [0.4, 0.5) is 5.69 Å². The van der Waals surface area contributed by atoms with Gasteiger partial charge in [0.1, 0.15) is 0 Å². The van der Waals surface area contributed by atoms with Gasteiger partial charge in [-0.3, -0.25) is 19.7 Å². The minimum absolute atomic E-state index is 0.117. The van der Waals surface area contributed by atoms with Crippen LogP contribution in [0.25, 0.3) is 0 Å². The second kappa shape index (κ2) is 8.34. The number of carbonyl (C=O) groups is 2. The molecule has 2 aromatic carbocycles. The summed E-state index contributed by atoms with van der Waals surface area (Å²) in [6.45, 7) is 1.54. The Kier molecular flexibility index (Phi) is 5.94. The predicted octanol–water partition coefficient (Wildman–Crippen LogP) is 1.78. The van der Waals surface area contributed by atoms with E-state index in [2.05, 4.69) is 15.8 Å². The first-order chi connectivity index (χ1) is 12.0. The summed E-state index contributed by atoms with van der Waals surface area (Å²) in [4.78, 5) is 34.0. The van der Waals surface area contributed by atoms with Crippen LogP contribution in [0.3, 0.4) is 0 Å². The first-order valence-corrected chi connectivity index (χ1v) is 7.38. The number of hydrogen-bond donors (Lipinski definition) is 2. The van der Waals surface area contributed by atoms with Crippen LogP contribution < -0.4 is 10.7 Å². The lowest BCUT2D eigenvalue weighted by atomic mass is 10.1. The van der Waals surface area contributed by atoms with E-state index in [9.17, 15) is 19.7 Å². The van der Waals surface area contributed by atoms with Crippen LogP contribution in [0.15, 0.2) is 53.6 Å². The van der Waals surface area contributed by atoms with Crippen LogP contribution in [0.1, 0.15) is 21.5 Å². The molecular weight excluding hydrogens is 324 g/mol. The second-order valence-electron chi connectivity index (χ2n) is 5.11. The number of nitrogens with zero attached hydrogens (tertiary/aromatic N) is 2. The maximum atomic E-state index is 12.0. The number of nitro benzene ring substituents is 1. The maximum Gasteiger partial charge on any atom is 0.278 e. The van der Waals surface area contributed by atoms with Crippen molar-refractivity contribution in [2.45, 2.75) is 6.92 Å². The Hall–Kier alpha value is -3.55. The number of amides is 2. The van der Waals surface area contributed by atoms with Crippen LogP contribution in [0.2, 0.25) is 0 Å². The Morgan fingerprint density at radius 3 is 2.56 bits per heavy atom. The van der Waals surface area contributed by atoms with Crippen molar-refractivity contribution in [2.75, 3.05) is 6.54 Å². The molecule has 0 aromatic heterocycles. The highest BCUT2D eigenvalue weighted by molar-refractivity contribution is 5.97. The number of aryl methyl sites for hydroxylation is 1. The Balaban J connectivity index is 1.88. The van der Waals surface area contributed by atoms with E-state index in [1.54, 1.807) is 31.2 Å². The molecule has 2 amide bonds. The van der Waals surface area contributed by atoms with Gasteiger partial charge in [0, 0.05) is 11.6 Å². The zero-order chi connectivity index (χ0) is 18.2. The summed E-state index contributed by atoms with van der Waals surface area (Å²) >= 11 is 0. The molecule has 0 heterocycles. The van der Waals surface area contributed by atoms with Gasteiger partial charge in [-0.05, 0) is 24.6 Å². The molecule has 0 saturated carbocycles. The summed E-state index contributed by atoms with van der Waals surface area (Å²) in [6.07, 6.45) is 1.18. The molecule has 8 heteroatoms. The quantitative estimate of drug-likeness (QED) is 0.474. The van der Waals surface area contributed by atoms with Gasteiger partial charge >= 0.3 is 0 Å². The maximum absolute atomic E-state index is 12.0. The molecule has 2 N–H and O–H groups in total. The summed E-state index contributed by atoms with van der Waals surface area (Å²) in [7, 11) is 0. The highest BCUT2D eigenvalue weighted by Crippen LogP contribution is 2.14. The Bertz CT molecular complexity index is 833. The van der Waals surface area contributed by atoms with E-state index in [1.165, 1.54) is 24.4 Å². The minimum atomic E-state index is -0.545. The van der Waals surface area contributed by atoms with E-state index in [-0.39, 0.29) is 23.7 Å². The molecule has 25 heavy (non-hydrogen) atoms. The first-order valence-electron chi connectivity index (χ1n) is 7.38. The molecule has 0 fully saturated rings. The van der Waals surface area contributed by atoms with E-state index in [1.807, 2.05) is 6.07 Å². The molecule has 0 aliphatic rings. The number of rotatable bonds is 6. The highest BCUT2D eigenvalue weighted by atomic mass is 16.6. The Morgan fingerprint density at radius 1 is 1.16 bits per heavy atom. The third-order valence-corrected chi connectivity index (χ3v) is 3.33. The van der Waals surface area contributed by atoms with Gasteiger partial charge in [-0.2, -0.15) is 5.10 Å². The predicted molar refractivity (Wildman–Crippen MR) is 92.3 cm³/mol. The second-order valence-corrected chi connectivity index (χ2v) is 5.11. The molecule has 0 aliphatic heterocycles. The van der Waals surface area contributed by atoms with Gasteiger partial charge < -0.3 is 5.32 Å². The van der Waals surface area contributed by atoms with Gasteiger partial charge in [0.25, 0.3) is 17.5 Å². The number of hydrogen-bond acceptors (Lipinski definition) is 5. The van der Waals surface area contributed by atoms with E-state index in [0.717, 1.165) is 5.56 Å². The number of para-hydroxylation sites is 1. The lowest BCUT2D eigenvalue weighted by molar-refractivity contribution is -0.385. The SMILES string of the molecule is Cc1ccccc1C(=O)NCC(=O)N/N=C/c1ccccc1[N+](=O)[O-]. The van der Waals surface area contributed by atoms with Crippen LogP contribution in [0.5, 0.6) is 0 Å². The zero-order valence-electron chi connectivity index (χ0n) is 13.4. The first kappa shape index (κ1) is 17.8. The fourth-order valence-electron chi connectivity index (χ4n) is 2.06. The fraction of sp³-hybridized carbons (Fsp3) is 0.118. The number of carbonyl (C=O) groups excluding carboxylic acids is 2. The average molecular weight is 340 g/mol. The number of nitro groups is 1. The standard InChI is InChI=1S/C17H16N4O4/c1-12-6-2-4-8-14(12)17(23)18-11-16(22)20-19-10-13-7-3-5-9-15(13)21(24)25/h2-10H,11H2,1H3,(H,18,23)(H,20,22)/b19-10+. The number of nitrogens with one attached hydrogen (secondary N) is 2. The molecule has 0 aliphatic carbocycles. The van der Waals surface area contributed by atoms with Crippen molar-refractivity contribution in [2.24, 2.45) is 5.10 Å². The molecule has 2 rings (SSSR count). The van der Waals surface area contributed by atoms with E-state index < -0.39 is 10.8 Å². The Morgan fingerprint density at radius 2 is 1.84 bits per heavy atom. The van der Waals surface area contributed by atoms with Crippen molar-refractivity contribution in [1.82, 2.24) is 10.7 Å². The van der Waals surface area contributed by atoms with Crippen molar-refractivity contribution in [3.63, 3.8) is 0 Å². The van der Waals surface area contributed by atoms with Crippen molar-refractivity contribution in [3.8, 4) is 0 Å². The van der Waals surface area contributed by atoms with Gasteiger partial charge in [-0.1, -0.05) is 30.3 Å². The minimum Gasteiger partial charge on any atom is -0.343 e. The average Bonchev–Trinajstić information content (AvgIpc) is 2.60. The summed E-state index contributed by atoms with van der Waals surface area (Å²) < 4.78 is 0. The summed E-state index contributed by atoms with van der Waals surface area (Å²) in [5.41, 5.74) is 3.64. The summed E-state index contributed by atoms with van der Waals surface area (Å²) in [6, 6.07) is 13.0. The number of hydrazone groups is 1. The van der Waals surface area contributed by atoms with E-state index in [4.69, 9.17) is 0 Å². The lowest BCUT2D eigenvalue weighted by Gasteiger charge is -2.06. The molecule has 8 nitrogen and oxygen atoms in total. The highest BCUT2D eigenvalue weighted by Gasteiger charge is 2.11. The number of benzene rings is 2. The van der Waals surface area contributed by atoms with Gasteiger partial charge in [0.15, 0.2) is 0 Å². The summed E-state index contributed by atoms with van der Waals surface area (Å²) in [5.74, 6) is -0.910. The van der Waals surface area contributed by atoms with Crippen LogP contribution in [-0.2, 0) is 4.79 Å². The Labute approximate surface area is 143 Å². The molecular formula is C17H16N4O4. The molecule has 0 saturated heterocycles. The van der Waals surface area contributed by atoms with Crippen molar-refractivity contribution < 1.29 is 14.5 Å². The van der Waals surface area contributed by atoms with Crippen molar-refractivity contribution >= 4 is 23.7 Å². The van der Waals surface area contributed by atoms with Crippen LogP contribution >= 0.6 is 0 Å². The molecule has 0 unspecified atom stereocenters. The summed E-state index contributed by atoms with van der Waals surface area (Å²) in [5, 5.41) is 17.0. The zero-order valence-corrected chi connectivity index (χ0v) is 13.4. The van der Waals surface area contributed by atoms with Crippen LogP contribution in [0, 0.1) is 17.0 Å². The largest absolute Gasteiger partial charge is 0.343 e. The molecule has 128 valence electrons. The van der Waals surface area contributed by atoms with E-state index in [0.29, 0.717) is 5.56 Å². The molecule has 2 aromatic rings. The van der Waals surface area contributed by atoms with Crippen molar-refractivity contribution in [3.05, 3.63) is 75.3 Å². The van der Waals surface area contributed by atoms with Gasteiger partial charge in [0.2, 0.25) is 0 Å². The third-order valence-electron chi connectivity index (χ3n) is 3.33. The van der Waals surface area contributed by atoms with Crippen LogP contribution in [-0.4, -0.2) is 29.5 Å². The normalized spacial score (nSPS) is 10.4.